The van der Waals surface area contributed by atoms with Gasteiger partial charge in [0.25, 0.3) is 5.91 Å². The minimum atomic E-state index is -0.188. The average Bonchev–Trinajstić information content (AvgIpc) is 2.16. The summed E-state index contributed by atoms with van der Waals surface area (Å²) in [6.45, 7) is 2.73. The molecule has 1 amide bonds. The van der Waals surface area contributed by atoms with E-state index in [4.69, 9.17) is 11.6 Å². The molecule has 0 bridgehead atoms. The molecular weight excluding hydrogens is 226 g/mol. The standard InChI is InChI=1S/C11H16ClN3O/c1-8(7-15(2)3)14-11(16)9-5-4-6-13-10(9)12/h4-6,8H,7H2,1-3H3,(H,14,16). The maximum Gasteiger partial charge on any atom is 0.254 e. The Labute approximate surface area is 101 Å². The summed E-state index contributed by atoms with van der Waals surface area (Å²) in [7, 11) is 3.92. The van der Waals surface area contributed by atoms with Crippen LogP contribution >= 0.6 is 11.6 Å². The molecule has 16 heavy (non-hydrogen) atoms. The van der Waals surface area contributed by atoms with Crippen LogP contribution in [0.2, 0.25) is 5.15 Å². The van der Waals surface area contributed by atoms with Gasteiger partial charge in [-0.25, -0.2) is 4.98 Å². The number of pyridine rings is 1. The number of carbonyl (C=O) groups is 1. The molecule has 5 heteroatoms. The number of amides is 1. The highest BCUT2D eigenvalue weighted by atomic mass is 35.5. The molecule has 4 nitrogen and oxygen atoms in total. The molecule has 0 aromatic carbocycles. The topological polar surface area (TPSA) is 45.2 Å². The van der Waals surface area contributed by atoms with E-state index in [-0.39, 0.29) is 17.1 Å². The van der Waals surface area contributed by atoms with Crippen LogP contribution in [0.3, 0.4) is 0 Å². The minimum Gasteiger partial charge on any atom is -0.348 e. The van der Waals surface area contributed by atoms with Gasteiger partial charge in [-0.15, -0.1) is 0 Å². The van der Waals surface area contributed by atoms with Crippen molar-refractivity contribution in [1.82, 2.24) is 15.2 Å². The van der Waals surface area contributed by atoms with Gasteiger partial charge < -0.3 is 10.2 Å². The van der Waals surface area contributed by atoms with Crippen molar-refractivity contribution in [2.45, 2.75) is 13.0 Å². The third kappa shape index (κ3) is 3.79. The molecule has 0 spiro atoms. The molecule has 88 valence electrons. The van der Waals surface area contributed by atoms with E-state index >= 15 is 0 Å². The lowest BCUT2D eigenvalue weighted by Crippen LogP contribution is -2.39. The number of hydrogen-bond acceptors (Lipinski definition) is 3. The Kier molecular flexibility index (Phi) is 4.71. The first kappa shape index (κ1) is 12.9. The Balaban J connectivity index is 2.63. The molecule has 1 unspecified atom stereocenters. The maximum absolute atomic E-state index is 11.8. The van der Waals surface area contributed by atoms with Gasteiger partial charge in [-0.05, 0) is 33.2 Å². The highest BCUT2D eigenvalue weighted by molar-refractivity contribution is 6.32. The number of hydrogen-bond donors (Lipinski definition) is 1. The van der Waals surface area contributed by atoms with Crippen LogP contribution in [0.4, 0.5) is 0 Å². The van der Waals surface area contributed by atoms with Gasteiger partial charge in [0.15, 0.2) is 0 Å². The number of likely N-dealkylation sites (N-methyl/N-ethyl adjacent to an activating group) is 1. The van der Waals surface area contributed by atoms with E-state index in [2.05, 4.69) is 10.3 Å². The molecular formula is C11H16ClN3O. The van der Waals surface area contributed by atoms with Crippen molar-refractivity contribution in [1.29, 1.82) is 0 Å². The van der Waals surface area contributed by atoms with Gasteiger partial charge in [0.2, 0.25) is 0 Å². The van der Waals surface area contributed by atoms with Crippen LogP contribution in [0.5, 0.6) is 0 Å². The number of aromatic nitrogens is 1. The van der Waals surface area contributed by atoms with Gasteiger partial charge in [0, 0.05) is 18.8 Å². The molecule has 0 radical (unpaired) electrons. The minimum absolute atomic E-state index is 0.0683. The fourth-order valence-electron chi connectivity index (χ4n) is 1.45. The monoisotopic (exact) mass is 241 g/mol. The van der Waals surface area contributed by atoms with Crippen molar-refractivity contribution in [2.24, 2.45) is 0 Å². The second-order valence-corrected chi connectivity index (χ2v) is 4.34. The molecule has 1 heterocycles. The van der Waals surface area contributed by atoms with Crippen molar-refractivity contribution < 1.29 is 4.79 Å². The Hall–Kier alpha value is -1.13. The SMILES string of the molecule is CC(CN(C)C)NC(=O)c1cccnc1Cl. The fraction of sp³-hybridized carbons (Fsp3) is 0.455. The number of nitrogens with one attached hydrogen (secondary N) is 1. The zero-order valence-electron chi connectivity index (χ0n) is 9.70. The Morgan fingerprint density at radius 1 is 1.62 bits per heavy atom. The molecule has 0 saturated carbocycles. The highest BCUT2D eigenvalue weighted by Gasteiger charge is 2.13. The molecule has 0 aliphatic heterocycles. The van der Waals surface area contributed by atoms with Crippen molar-refractivity contribution in [2.75, 3.05) is 20.6 Å². The first-order chi connectivity index (χ1) is 7.50. The molecule has 1 rings (SSSR count). The van der Waals surface area contributed by atoms with Gasteiger partial charge >= 0.3 is 0 Å². The smallest absolute Gasteiger partial charge is 0.254 e. The van der Waals surface area contributed by atoms with Gasteiger partial charge in [-0.1, -0.05) is 11.6 Å². The molecule has 1 N–H and O–H groups in total. The highest BCUT2D eigenvalue weighted by Crippen LogP contribution is 2.11. The van der Waals surface area contributed by atoms with E-state index < -0.39 is 0 Å². The normalized spacial score (nSPS) is 12.6. The molecule has 0 aliphatic carbocycles. The van der Waals surface area contributed by atoms with E-state index in [9.17, 15) is 4.79 Å². The van der Waals surface area contributed by atoms with Crippen molar-refractivity contribution in [3.05, 3.63) is 29.0 Å². The van der Waals surface area contributed by atoms with Crippen molar-refractivity contribution in [3.63, 3.8) is 0 Å². The zero-order chi connectivity index (χ0) is 12.1. The average molecular weight is 242 g/mol. The first-order valence-electron chi connectivity index (χ1n) is 5.07. The van der Waals surface area contributed by atoms with Gasteiger partial charge in [0.1, 0.15) is 5.15 Å². The van der Waals surface area contributed by atoms with Crippen molar-refractivity contribution >= 4 is 17.5 Å². The molecule has 0 aliphatic rings. The molecule has 1 aromatic rings. The van der Waals surface area contributed by atoms with Crippen LogP contribution < -0.4 is 5.32 Å². The summed E-state index contributed by atoms with van der Waals surface area (Å²) in [6, 6.07) is 3.42. The summed E-state index contributed by atoms with van der Waals surface area (Å²) in [5.41, 5.74) is 0.412. The number of rotatable bonds is 4. The van der Waals surface area contributed by atoms with Crippen LogP contribution in [-0.2, 0) is 0 Å². The van der Waals surface area contributed by atoms with Gasteiger partial charge in [0.05, 0.1) is 5.56 Å². The molecule has 1 aromatic heterocycles. The van der Waals surface area contributed by atoms with E-state index in [0.29, 0.717) is 5.56 Å². The lowest BCUT2D eigenvalue weighted by atomic mass is 10.2. The number of halogens is 1. The van der Waals surface area contributed by atoms with Gasteiger partial charge in [-0.2, -0.15) is 0 Å². The lowest BCUT2D eigenvalue weighted by molar-refractivity contribution is 0.0934. The number of nitrogens with zero attached hydrogens (tertiary/aromatic N) is 2. The van der Waals surface area contributed by atoms with E-state index in [1.165, 1.54) is 0 Å². The predicted molar refractivity (Wildman–Crippen MR) is 64.7 cm³/mol. The predicted octanol–water partition coefficient (Wildman–Crippen LogP) is 1.41. The second-order valence-electron chi connectivity index (χ2n) is 3.98. The summed E-state index contributed by atoms with van der Waals surface area (Å²) in [4.78, 5) is 17.7. The van der Waals surface area contributed by atoms with Crippen LogP contribution in [0.25, 0.3) is 0 Å². The molecule has 0 fully saturated rings. The Morgan fingerprint density at radius 2 is 2.31 bits per heavy atom. The van der Waals surface area contributed by atoms with Crippen LogP contribution in [0.1, 0.15) is 17.3 Å². The summed E-state index contributed by atoms with van der Waals surface area (Å²) >= 11 is 5.83. The second kappa shape index (κ2) is 5.82. The zero-order valence-corrected chi connectivity index (χ0v) is 10.5. The van der Waals surface area contributed by atoms with E-state index in [1.807, 2.05) is 25.9 Å². The summed E-state index contributed by atoms with van der Waals surface area (Å²) in [5, 5.41) is 3.10. The van der Waals surface area contributed by atoms with E-state index in [0.717, 1.165) is 6.54 Å². The molecule has 1 atom stereocenters. The maximum atomic E-state index is 11.8. The fourth-order valence-corrected chi connectivity index (χ4v) is 1.66. The van der Waals surface area contributed by atoms with Crippen LogP contribution in [0, 0.1) is 0 Å². The summed E-state index contributed by atoms with van der Waals surface area (Å²) < 4.78 is 0. The van der Waals surface area contributed by atoms with E-state index in [1.54, 1.807) is 18.3 Å². The summed E-state index contributed by atoms with van der Waals surface area (Å²) in [6.07, 6.45) is 1.56. The summed E-state index contributed by atoms with van der Waals surface area (Å²) in [5.74, 6) is -0.188. The van der Waals surface area contributed by atoms with Crippen molar-refractivity contribution in [3.8, 4) is 0 Å². The van der Waals surface area contributed by atoms with Crippen LogP contribution in [0.15, 0.2) is 18.3 Å². The van der Waals surface area contributed by atoms with Crippen LogP contribution in [-0.4, -0.2) is 42.5 Å². The Morgan fingerprint density at radius 3 is 2.88 bits per heavy atom. The molecule has 0 saturated heterocycles. The number of carbonyl (C=O) groups excluding carboxylic acids is 1. The Bertz CT molecular complexity index is 368. The lowest BCUT2D eigenvalue weighted by Gasteiger charge is -2.18. The third-order valence-electron chi connectivity index (χ3n) is 2.02. The third-order valence-corrected chi connectivity index (χ3v) is 2.32. The van der Waals surface area contributed by atoms with Gasteiger partial charge in [-0.3, -0.25) is 4.79 Å². The largest absolute Gasteiger partial charge is 0.348 e. The first-order valence-corrected chi connectivity index (χ1v) is 5.44. The quantitative estimate of drug-likeness (QED) is 0.811.